The van der Waals surface area contributed by atoms with Crippen molar-refractivity contribution in [1.29, 1.82) is 0 Å². The number of nitrogens with zero attached hydrogens (tertiary/aromatic N) is 5. The van der Waals surface area contributed by atoms with E-state index in [0.717, 1.165) is 48.6 Å². The van der Waals surface area contributed by atoms with Crippen molar-refractivity contribution in [2.45, 2.75) is 0 Å². The molecule has 0 N–H and O–H groups in total. The first-order chi connectivity index (χ1) is 11.7. The first-order valence-corrected chi connectivity index (χ1v) is 8.09. The molecule has 1 aliphatic rings. The zero-order valence-electron chi connectivity index (χ0n) is 13.6. The molecule has 6 nitrogen and oxygen atoms in total. The summed E-state index contributed by atoms with van der Waals surface area (Å²) in [6, 6.07) is 11.6. The average Bonchev–Trinajstić information content (AvgIpc) is 3.09. The molecule has 1 amide bonds. The molecule has 24 heavy (non-hydrogen) atoms. The van der Waals surface area contributed by atoms with Gasteiger partial charge >= 0.3 is 0 Å². The molecule has 0 atom stereocenters. The maximum atomic E-state index is 12.6. The predicted octanol–water partition coefficient (Wildman–Crippen LogP) is 1.78. The lowest BCUT2D eigenvalue weighted by molar-refractivity contribution is 0.0664. The predicted molar refractivity (Wildman–Crippen MR) is 91.8 cm³/mol. The van der Waals surface area contributed by atoms with Crippen molar-refractivity contribution in [3.05, 3.63) is 54.4 Å². The van der Waals surface area contributed by atoms with Crippen molar-refractivity contribution in [3.8, 4) is 11.3 Å². The van der Waals surface area contributed by atoms with E-state index in [1.54, 1.807) is 10.7 Å². The molecule has 0 unspecified atom stereocenters. The minimum atomic E-state index is 0.104. The van der Waals surface area contributed by atoms with Gasteiger partial charge in [-0.2, -0.15) is 5.10 Å². The quantitative estimate of drug-likeness (QED) is 0.722. The van der Waals surface area contributed by atoms with Crippen LogP contribution in [-0.4, -0.2) is 63.5 Å². The number of imidazole rings is 1. The Kier molecular flexibility index (Phi) is 3.74. The molecule has 6 heteroatoms. The lowest BCUT2D eigenvalue weighted by Crippen LogP contribution is -2.47. The Morgan fingerprint density at radius 2 is 1.75 bits per heavy atom. The molecule has 0 saturated carbocycles. The van der Waals surface area contributed by atoms with E-state index >= 15 is 0 Å². The fourth-order valence-electron chi connectivity index (χ4n) is 2.94. The standard InChI is InChI=1S/C18H19N5O/c1-21-10-12-22(13-11-21)18(24)15-4-2-14(3-5-15)16-6-7-17-19-8-9-23(17)20-16/h2-9H,10-13H2,1H3. The van der Waals surface area contributed by atoms with Crippen molar-refractivity contribution >= 4 is 11.6 Å². The highest BCUT2D eigenvalue weighted by Gasteiger charge is 2.20. The molecule has 1 saturated heterocycles. The Labute approximate surface area is 140 Å². The van der Waals surface area contributed by atoms with Crippen LogP contribution in [0.1, 0.15) is 10.4 Å². The normalized spacial score (nSPS) is 15.8. The third-order valence-electron chi connectivity index (χ3n) is 4.47. The van der Waals surface area contributed by atoms with Gasteiger partial charge in [0.2, 0.25) is 0 Å². The molecule has 0 aliphatic carbocycles. The van der Waals surface area contributed by atoms with Crippen LogP contribution < -0.4 is 0 Å². The first-order valence-electron chi connectivity index (χ1n) is 8.09. The first kappa shape index (κ1) is 14.8. The second-order valence-corrected chi connectivity index (χ2v) is 6.12. The van der Waals surface area contributed by atoms with E-state index in [9.17, 15) is 4.79 Å². The van der Waals surface area contributed by atoms with Gasteiger partial charge in [0, 0.05) is 49.7 Å². The maximum absolute atomic E-state index is 12.6. The van der Waals surface area contributed by atoms with Gasteiger partial charge in [-0.15, -0.1) is 0 Å². The Hall–Kier alpha value is -2.73. The highest BCUT2D eigenvalue weighted by molar-refractivity contribution is 5.94. The zero-order chi connectivity index (χ0) is 16.5. The minimum absolute atomic E-state index is 0.104. The number of rotatable bonds is 2. The Morgan fingerprint density at radius 1 is 1.00 bits per heavy atom. The number of carbonyl (C=O) groups excluding carboxylic acids is 1. The summed E-state index contributed by atoms with van der Waals surface area (Å²) in [5, 5.41) is 4.53. The van der Waals surface area contributed by atoms with Gasteiger partial charge in [0.05, 0.1) is 5.69 Å². The van der Waals surface area contributed by atoms with E-state index in [1.165, 1.54) is 0 Å². The van der Waals surface area contributed by atoms with Crippen LogP contribution in [0.5, 0.6) is 0 Å². The molecule has 4 rings (SSSR count). The molecule has 1 fully saturated rings. The van der Waals surface area contributed by atoms with Crippen molar-refractivity contribution in [2.75, 3.05) is 33.2 Å². The molecule has 3 aromatic rings. The van der Waals surface area contributed by atoms with E-state index < -0.39 is 0 Å². The fourth-order valence-corrected chi connectivity index (χ4v) is 2.94. The van der Waals surface area contributed by atoms with Gasteiger partial charge in [-0.1, -0.05) is 12.1 Å². The van der Waals surface area contributed by atoms with Crippen molar-refractivity contribution in [1.82, 2.24) is 24.4 Å². The van der Waals surface area contributed by atoms with Gasteiger partial charge in [0.25, 0.3) is 5.91 Å². The van der Waals surface area contributed by atoms with Crippen LogP contribution >= 0.6 is 0 Å². The molecule has 1 aliphatic heterocycles. The van der Waals surface area contributed by atoms with Gasteiger partial charge in [-0.3, -0.25) is 4.79 Å². The molecular formula is C18H19N5O. The third kappa shape index (κ3) is 2.76. The van der Waals surface area contributed by atoms with Crippen molar-refractivity contribution in [2.24, 2.45) is 0 Å². The second-order valence-electron chi connectivity index (χ2n) is 6.12. The number of aromatic nitrogens is 3. The van der Waals surface area contributed by atoms with E-state index in [4.69, 9.17) is 0 Å². The maximum Gasteiger partial charge on any atom is 0.253 e. The van der Waals surface area contributed by atoms with Gasteiger partial charge in [-0.05, 0) is 31.3 Å². The molecule has 1 aromatic carbocycles. The van der Waals surface area contributed by atoms with Gasteiger partial charge in [-0.25, -0.2) is 9.50 Å². The Balaban J connectivity index is 1.54. The summed E-state index contributed by atoms with van der Waals surface area (Å²) < 4.78 is 1.75. The van der Waals surface area contributed by atoms with E-state index in [1.807, 2.05) is 47.5 Å². The van der Waals surface area contributed by atoms with Gasteiger partial charge in [0.15, 0.2) is 5.65 Å². The zero-order valence-corrected chi connectivity index (χ0v) is 13.6. The summed E-state index contributed by atoms with van der Waals surface area (Å²) >= 11 is 0. The Morgan fingerprint density at radius 3 is 2.50 bits per heavy atom. The van der Waals surface area contributed by atoms with Gasteiger partial charge < -0.3 is 9.80 Å². The summed E-state index contributed by atoms with van der Waals surface area (Å²) in [4.78, 5) is 20.9. The number of hydrogen-bond donors (Lipinski definition) is 0. The van der Waals surface area contributed by atoms with E-state index in [2.05, 4.69) is 22.0 Å². The number of hydrogen-bond acceptors (Lipinski definition) is 4. The summed E-state index contributed by atoms with van der Waals surface area (Å²) in [7, 11) is 2.08. The largest absolute Gasteiger partial charge is 0.336 e. The minimum Gasteiger partial charge on any atom is -0.336 e. The highest BCUT2D eigenvalue weighted by Crippen LogP contribution is 2.19. The van der Waals surface area contributed by atoms with Crippen LogP contribution in [0.3, 0.4) is 0 Å². The topological polar surface area (TPSA) is 53.7 Å². The van der Waals surface area contributed by atoms with Crippen LogP contribution in [0.4, 0.5) is 0 Å². The van der Waals surface area contributed by atoms with Crippen LogP contribution in [0.25, 0.3) is 16.9 Å². The number of carbonyl (C=O) groups is 1. The van der Waals surface area contributed by atoms with E-state index in [-0.39, 0.29) is 5.91 Å². The number of amides is 1. The summed E-state index contributed by atoms with van der Waals surface area (Å²) in [5.74, 6) is 0.104. The van der Waals surface area contributed by atoms with E-state index in [0.29, 0.717) is 0 Å². The number of fused-ring (bicyclic) bond motifs is 1. The summed E-state index contributed by atoms with van der Waals surface area (Å²) in [5.41, 5.74) is 3.40. The van der Waals surface area contributed by atoms with Crippen molar-refractivity contribution in [3.63, 3.8) is 0 Å². The number of likely N-dealkylation sites (N-methyl/N-ethyl adjacent to an activating group) is 1. The van der Waals surface area contributed by atoms with Gasteiger partial charge in [0.1, 0.15) is 0 Å². The number of piperazine rings is 1. The summed E-state index contributed by atoms with van der Waals surface area (Å²) in [6.45, 7) is 3.43. The van der Waals surface area contributed by atoms with Crippen LogP contribution in [0.2, 0.25) is 0 Å². The highest BCUT2D eigenvalue weighted by atomic mass is 16.2. The molecule has 122 valence electrons. The molecular weight excluding hydrogens is 302 g/mol. The monoisotopic (exact) mass is 321 g/mol. The molecule has 0 spiro atoms. The van der Waals surface area contributed by atoms with Crippen molar-refractivity contribution < 1.29 is 4.79 Å². The summed E-state index contributed by atoms with van der Waals surface area (Å²) in [6.07, 6.45) is 3.55. The lowest BCUT2D eigenvalue weighted by Gasteiger charge is -2.32. The molecule has 3 heterocycles. The number of benzene rings is 1. The second kappa shape index (κ2) is 6.05. The lowest BCUT2D eigenvalue weighted by atomic mass is 10.1. The molecule has 2 aromatic heterocycles. The van der Waals surface area contributed by atoms with Crippen LogP contribution in [-0.2, 0) is 0 Å². The average molecular weight is 321 g/mol. The smallest absolute Gasteiger partial charge is 0.253 e. The van der Waals surface area contributed by atoms with Crippen LogP contribution in [0, 0.1) is 0 Å². The fraction of sp³-hybridized carbons (Fsp3) is 0.278. The SMILES string of the molecule is CN1CCN(C(=O)c2ccc(-c3ccc4nccn4n3)cc2)CC1. The molecule has 0 bridgehead atoms. The molecule has 0 radical (unpaired) electrons. The third-order valence-corrected chi connectivity index (χ3v) is 4.47. The van der Waals surface area contributed by atoms with Crippen LogP contribution in [0.15, 0.2) is 48.8 Å². The Bertz CT molecular complexity index is 863.